The van der Waals surface area contributed by atoms with E-state index in [0.717, 1.165) is 0 Å². The van der Waals surface area contributed by atoms with Crippen LogP contribution in [0.4, 0.5) is 5.69 Å². The van der Waals surface area contributed by atoms with E-state index in [9.17, 15) is 39.6 Å². The fourth-order valence-electron chi connectivity index (χ4n) is 5.97. The topological polar surface area (TPSA) is 182 Å². The number of rotatable bonds is 4. The molecule has 11 heteroatoms. The van der Waals surface area contributed by atoms with E-state index in [1.807, 2.05) is 0 Å². The van der Waals surface area contributed by atoms with E-state index in [1.165, 1.54) is 17.9 Å². The van der Waals surface area contributed by atoms with E-state index in [0.29, 0.717) is 11.3 Å². The van der Waals surface area contributed by atoms with Crippen LogP contribution in [0.1, 0.15) is 39.6 Å². The fourth-order valence-corrected chi connectivity index (χ4v) is 5.97. The molecule has 11 nitrogen and oxygen atoms in total. The molecule has 0 aromatic heterocycles. The quantitative estimate of drug-likeness (QED) is 0.287. The molecule has 0 unspecified atom stereocenters. The van der Waals surface area contributed by atoms with E-state index >= 15 is 0 Å². The predicted octanol–water partition coefficient (Wildman–Crippen LogP) is 0.389. The third kappa shape index (κ3) is 3.19. The summed E-state index contributed by atoms with van der Waals surface area (Å²) in [4.78, 5) is 54.5. The molecule has 1 amide bonds. The van der Waals surface area contributed by atoms with Gasteiger partial charge in [-0.2, -0.15) is 0 Å². The number of nitrogens with zero attached hydrogens (tertiary/aromatic N) is 2. The van der Waals surface area contributed by atoms with Crippen LogP contribution in [0.5, 0.6) is 5.75 Å². The number of anilines is 1. The van der Waals surface area contributed by atoms with Gasteiger partial charge >= 0.3 is 0 Å². The third-order valence-electron chi connectivity index (χ3n) is 7.56. The minimum atomic E-state index is -2.71. The highest BCUT2D eigenvalue weighted by Gasteiger charge is 2.63. The number of aliphatic hydroxyl groups excluding tert-OH is 2. The van der Waals surface area contributed by atoms with Crippen molar-refractivity contribution in [2.75, 3.05) is 33.1 Å². The van der Waals surface area contributed by atoms with Gasteiger partial charge in [0.15, 0.2) is 17.2 Å². The van der Waals surface area contributed by atoms with Gasteiger partial charge in [0.1, 0.15) is 22.8 Å². The minimum absolute atomic E-state index is 0.00610. The molecular formula is C25H29N3O8. The maximum atomic E-state index is 13.8. The van der Waals surface area contributed by atoms with Crippen molar-refractivity contribution in [3.63, 3.8) is 0 Å². The molecule has 4 atom stereocenters. The number of carbonyl (C=O) groups excluding carboxylic acids is 4. The Morgan fingerprint density at radius 3 is 2.22 bits per heavy atom. The van der Waals surface area contributed by atoms with Crippen LogP contribution in [-0.4, -0.2) is 88.4 Å². The Bertz CT molecular complexity index is 1310. The molecule has 1 aromatic carbocycles. The predicted molar refractivity (Wildman–Crippen MR) is 128 cm³/mol. The molecular weight excluding hydrogens is 470 g/mol. The van der Waals surface area contributed by atoms with Gasteiger partial charge in [0.05, 0.1) is 17.2 Å². The summed E-state index contributed by atoms with van der Waals surface area (Å²) in [6.07, 6.45) is 0.141. The van der Waals surface area contributed by atoms with Gasteiger partial charge in [0.2, 0.25) is 5.78 Å². The lowest BCUT2D eigenvalue weighted by molar-refractivity contribution is -0.148. The normalized spacial score (nSPS) is 27.6. The highest BCUT2D eigenvalue weighted by Crippen LogP contribution is 2.53. The number of fused-ring (bicyclic) bond motifs is 3. The van der Waals surface area contributed by atoms with Crippen molar-refractivity contribution in [3.8, 4) is 5.75 Å². The number of amides is 1. The average molecular weight is 500 g/mol. The third-order valence-corrected chi connectivity index (χ3v) is 7.56. The Kier molecular flexibility index (Phi) is 5.76. The molecule has 0 saturated heterocycles. The van der Waals surface area contributed by atoms with Crippen LogP contribution in [0.2, 0.25) is 0 Å². The lowest BCUT2D eigenvalue weighted by atomic mass is 9.58. The van der Waals surface area contributed by atoms with Crippen molar-refractivity contribution in [2.24, 2.45) is 17.6 Å². The highest BCUT2D eigenvalue weighted by atomic mass is 16.3. The summed E-state index contributed by atoms with van der Waals surface area (Å²) in [6, 6.07) is 0.440. The van der Waals surface area contributed by atoms with Crippen LogP contribution < -0.4 is 10.6 Å². The Morgan fingerprint density at radius 2 is 1.72 bits per heavy atom. The maximum Gasteiger partial charge on any atom is 0.255 e. The van der Waals surface area contributed by atoms with Gasteiger partial charge in [-0.05, 0) is 51.4 Å². The van der Waals surface area contributed by atoms with Crippen molar-refractivity contribution in [1.82, 2.24) is 4.90 Å². The van der Waals surface area contributed by atoms with Gasteiger partial charge in [0.25, 0.3) is 5.91 Å². The number of nitrogens with two attached hydrogens (primary N) is 1. The number of aliphatic hydroxyl groups is 3. The summed E-state index contributed by atoms with van der Waals surface area (Å²) >= 11 is 0. The molecule has 0 fully saturated rings. The standard InChI is InChI=1S/C25H29N3O8/c1-9(29)11-8-14(27(2)3)12-6-10-7-13-18(28(4)5)21(32)17(24(26)35)23(34)25(13,36)22(33)15(10)20(31)16(12)19(11)30/h8,10,13,18,30,32-33,36H,6-7H2,1-5H3,(H2,26,35)/t10-,13-,18-,25-/m0/s1. The lowest BCUT2D eigenvalue weighted by Gasteiger charge is -2.50. The zero-order chi connectivity index (χ0) is 27.0. The van der Waals surface area contributed by atoms with Crippen LogP contribution in [0.25, 0.3) is 0 Å². The number of aromatic hydroxyl groups is 1. The number of likely N-dealkylation sites (N-methyl/N-ethyl adjacent to an activating group) is 1. The van der Waals surface area contributed by atoms with E-state index in [4.69, 9.17) is 5.73 Å². The van der Waals surface area contributed by atoms with Gasteiger partial charge in [-0.15, -0.1) is 0 Å². The van der Waals surface area contributed by atoms with Crippen molar-refractivity contribution in [1.29, 1.82) is 0 Å². The SMILES string of the molecule is CC(=O)c1cc(N(C)C)c2c(c1O)C(=O)C1=C(O)[C@]3(O)C(=O)C(C(N)=O)=C(O)[C@@H](N(C)C)[C@@H]3C[C@@H]1C2. The second kappa shape index (κ2) is 8.17. The van der Waals surface area contributed by atoms with Gasteiger partial charge in [0, 0.05) is 31.3 Å². The second-order valence-electron chi connectivity index (χ2n) is 10.1. The number of Topliss-reactive ketones (excluding diaryl/α,β-unsaturated/α-hetero) is 3. The van der Waals surface area contributed by atoms with Gasteiger partial charge in [-0.25, -0.2) is 0 Å². The first-order chi connectivity index (χ1) is 16.7. The molecule has 4 rings (SSSR count). The zero-order valence-electron chi connectivity index (χ0n) is 20.6. The highest BCUT2D eigenvalue weighted by molar-refractivity contribution is 6.25. The molecule has 6 N–H and O–H groups in total. The molecule has 0 bridgehead atoms. The minimum Gasteiger partial charge on any atom is -0.510 e. The summed E-state index contributed by atoms with van der Waals surface area (Å²) in [5.74, 6) is -7.78. The number of primary amides is 1. The molecule has 3 aliphatic carbocycles. The van der Waals surface area contributed by atoms with Crippen LogP contribution in [0, 0.1) is 11.8 Å². The number of benzene rings is 1. The van der Waals surface area contributed by atoms with Crippen molar-refractivity contribution >= 4 is 28.9 Å². The Labute approximate surface area is 207 Å². The van der Waals surface area contributed by atoms with Gasteiger partial charge in [-0.3, -0.25) is 24.1 Å². The molecule has 1 aromatic rings. The number of ketones is 3. The number of phenolic OH excluding ortho intramolecular Hbond substituents is 1. The van der Waals surface area contributed by atoms with Crippen LogP contribution in [-0.2, 0) is 16.0 Å². The summed E-state index contributed by atoms with van der Waals surface area (Å²) in [7, 11) is 6.58. The number of phenols is 1. The van der Waals surface area contributed by atoms with E-state index in [-0.39, 0.29) is 29.5 Å². The molecule has 3 aliphatic rings. The molecule has 192 valence electrons. The van der Waals surface area contributed by atoms with Crippen LogP contribution in [0.15, 0.2) is 28.7 Å². The number of hydrogen-bond acceptors (Lipinski definition) is 10. The van der Waals surface area contributed by atoms with E-state index < -0.39 is 69.6 Å². The first-order valence-corrected chi connectivity index (χ1v) is 11.4. The lowest BCUT2D eigenvalue weighted by Crippen LogP contribution is -2.63. The Hall–Kier alpha value is -3.70. The first kappa shape index (κ1) is 25.4. The molecule has 0 heterocycles. The number of hydrogen-bond donors (Lipinski definition) is 5. The van der Waals surface area contributed by atoms with E-state index in [1.54, 1.807) is 33.1 Å². The summed E-state index contributed by atoms with van der Waals surface area (Å²) in [5.41, 5.74) is 2.21. The fraction of sp³-hybridized carbons (Fsp3) is 0.440. The summed E-state index contributed by atoms with van der Waals surface area (Å²) in [5, 5.41) is 44.6. The second-order valence-corrected chi connectivity index (χ2v) is 10.1. The molecule has 0 radical (unpaired) electrons. The summed E-state index contributed by atoms with van der Waals surface area (Å²) < 4.78 is 0. The maximum absolute atomic E-state index is 13.8. The molecule has 36 heavy (non-hydrogen) atoms. The van der Waals surface area contributed by atoms with Crippen molar-refractivity contribution in [3.05, 3.63) is 45.4 Å². The first-order valence-electron chi connectivity index (χ1n) is 11.4. The molecule has 0 aliphatic heterocycles. The average Bonchev–Trinajstić information content (AvgIpc) is 2.75. The van der Waals surface area contributed by atoms with Crippen LogP contribution >= 0.6 is 0 Å². The zero-order valence-corrected chi connectivity index (χ0v) is 20.6. The smallest absolute Gasteiger partial charge is 0.255 e. The molecule has 0 saturated carbocycles. The summed E-state index contributed by atoms with van der Waals surface area (Å²) in [6.45, 7) is 1.24. The van der Waals surface area contributed by atoms with Gasteiger partial charge < -0.3 is 31.1 Å². The number of carbonyl (C=O) groups is 4. The Morgan fingerprint density at radius 1 is 1.11 bits per heavy atom. The molecule has 0 spiro atoms. The van der Waals surface area contributed by atoms with Gasteiger partial charge in [-0.1, -0.05) is 0 Å². The monoisotopic (exact) mass is 499 g/mol. The van der Waals surface area contributed by atoms with Crippen molar-refractivity contribution < 1.29 is 39.6 Å². The number of allylic oxidation sites excluding steroid dienone is 1. The van der Waals surface area contributed by atoms with Crippen LogP contribution in [0.3, 0.4) is 0 Å². The Balaban J connectivity index is 2.01. The van der Waals surface area contributed by atoms with Crippen molar-refractivity contribution in [2.45, 2.75) is 31.4 Å². The largest absolute Gasteiger partial charge is 0.510 e. The van der Waals surface area contributed by atoms with E-state index in [2.05, 4.69) is 0 Å².